The van der Waals surface area contributed by atoms with Gasteiger partial charge in [-0.1, -0.05) is 12.8 Å². The molecule has 1 fully saturated rings. The Morgan fingerprint density at radius 3 is 2.31 bits per heavy atom. The largest absolute Gasteiger partial charge is 0.465 e. The van der Waals surface area contributed by atoms with Crippen LogP contribution in [0.3, 0.4) is 0 Å². The minimum Gasteiger partial charge on any atom is -0.465 e. The Morgan fingerprint density at radius 1 is 1.12 bits per heavy atom. The molecule has 0 saturated carbocycles. The molecule has 2 amide bonds. The minimum absolute atomic E-state index is 0.129. The number of hydrogen-bond acceptors (Lipinski definition) is 3. The standard InChI is InChI=1S/C10H19N3O3/c14-9(5-6-11-10(15)16)12-13-7-3-1-2-4-8-13/h11H,1-8H2,(H,12,14)(H,15,16). The summed E-state index contributed by atoms with van der Waals surface area (Å²) in [5.41, 5.74) is 2.79. The van der Waals surface area contributed by atoms with Gasteiger partial charge in [-0.25, -0.2) is 9.80 Å². The number of rotatable bonds is 4. The van der Waals surface area contributed by atoms with Crippen LogP contribution < -0.4 is 10.7 Å². The zero-order valence-electron chi connectivity index (χ0n) is 9.37. The van der Waals surface area contributed by atoms with Gasteiger partial charge in [-0.3, -0.25) is 10.2 Å². The highest BCUT2D eigenvalue weighted by Crippen LogP contribution is 2.07. The molecule has 6 heteroatoms. The molecule has 1 aliphatic rings. The first-order chi connectivity index (χ1) is 7.68. The number of carbonyl (C=O) groups is 2. The van der Waals surface area contributed by atoms with E-state index in [2.05, 4.69) is 10.7 Å². The third kappa shape index (κ3) is 5.55. The average molecular weight is 229 g/mol. The Bertz CT molecular complexity index is 237. The van der Waals surface area contributed by atoms with E-state index in [0.29, 0.717) is 0 Å². The Balaban J connectivity index is 2.14. The SMILES string of the molecule is O=C(O)NCCC(=O)NN1CCCCCC1. The highest BCUT2D eigenvalue weighted by Gasteiger charge is 2.11. The third-order valence-electron chi connectivity index (χ3n) is 2.52. The summed E-state index contributed by atoms with van der Waals surface area (Å²) in [6, 6.07) is 0. The van der Waals surface area contributed by atoms with Gasteiger partial charge < -0.3 is 10.4 Å². The van der Waals surface area contributed by atoms with E-state index in [1.165, 1.54) is 12.8 Å². The predicted octanol–water partition coefficient (Wildman–Crippen LogP) is 0.551. The molecule has 1 aliphatic heterocycles. The summed E-state index contributed by atoms with van der Waals surface area (Å²) in [6.45, 7) is 1.94. The maximum absolute atomic E-state index is 11.4. The van der Waals surface area contributed by atoms with Crippen LogP contribution >= 0.6 is 0 Å². The molecular formula is C10H19N3O3. The molecule has 0 aromatic carbocycles. The molecule has 0 aromatic heterocycles. The summed E-state index contributed by atoms with van der Waals surface area (Å²) in [4.78, 5) is 21.6. The smallest absolute Gasteiger partial charge is 0.404 e. The van der Waals surface area contributed by atoms with E-state index in [1.807, 2.05) is 5.01 Å². The number of hydrogen-bond donors (Lipinski definition) is 3. The van der Waals surface area contributed by atoms with Crippen LogP contribution in [0.1, 0.15) is 32.1 Å². The highest BCUT2D eigenvalue weighted by molar-refractivity contribution is 5.76. The number of carboxylic acid groups (broad SMARTS) is 1. The summed E-state index contributed by atoms with van der Waals surface area (Å²) < 4.78 is 0. The Kier molecular flexibility index (Phi) is 5.63. The molecule has 0 spiro atoms. The van der Waals surface area contributed by atoms with Crippen molar-refractivity contribution < 1.29 is 14.7 Å². The van der Waals surface area contributed by atoms with E-state index < -0.39 is 6.09 Å². The maximum atomic E-state index is 11.4. The van der Waals surface area contributed by atoms with Crippen LogP contribution in [-0.4, -0.2) is 41.8 Å². The fourth-order valence-electron chi connectivity index (χ4n) is 1.70. The fraction of sp³-hybridized carbons (Fsp3) is 0.800. The van der Waals surface area contributed by atoms with Crippen molar-refractivity contribution in [1.29, 1.82) is 0 Å². The quantitative estimate of drug-likeness (QED) is 0.657. The highest BCUT2D eigenvalue weighted by atomic mass is 16.4. The van der Waals surface area contributed by atoms with Crippen molar-refractivity contribution in [2.45, 2.75) is 32.1 Å². The van der Waals surface area contributed by atoms with E-state index in [0.717, 1.165) is 25.9 Å². The van der Waals surface area contributed by atoms with Gasteiger partial charge in [0.15, 0.2) is 0 Å². The molecule has 3 N–H and O–H groups in total. The van der Waals surface area contributed by atoms with Gasteiger partial charge in [0.1, 0.15) is 0 Å². The van der Waals surface area contributed by atoms with E-state index in [4.69, 9.17) is 5.11 Å². The summed E-state index contributed by atoms with van der Waals surface area (Å²) >= 11 is 0. The van der Waals surface area contributed by atoms with Crippen molar-refractivity contribution in [3.05, 3.63) is 0 Å². The van der Waals surface area contributed by atoms with Crippen molar-refractivity contribution in [3.63, 3.8) is 0 Å². The monoisotopic (exact) mass is 229 g/mol. The normalized spacial score (nSPS) is 17.5. The van der Waals surface area contributed by atoms with E-state index in [1.54, 1.807) is 0 Å². The van der Waals surface area contributed by atoms with Gasteiger partial charge in [0, 0.05) is 26.1 Å². The van der Waals surface area contributed by atoms with Crippen LogP contribution in [0.15, 0.2) is 0 Å². The summed E-state index contributed by atoms with van der Waals surface area (Å²) in [7, 11) is 0. The van der Waals surface area contributed by atoms with Crippen molar-refractivity contribution in [2.75, 3.05) is 19.6 Å². The van der Waals surface area contributed by atoms with Crippen LogP contribution in [0, 0.1) is 0 Å². The fourth-order valence-corrected chi connectivity index (χ4v) is 1.70. The second-order valence-electron chi connectivity index (χ2n) is 3.92. The average Bonchev–Trinajstić information content (AvgIpc) is 2.45. The van der Waals surface area contributed by atoms with Crippen LogP contribution in [-0.2, 0) is 4.79 Å². The number of hydrazine groups is 1. The first kappa shape index (κ1) is 12.8. The Hall–Kier alpha value is -1.30. The topological polar surface area (TPSA) is 81.7 Å². The number of amides is 2. The lowest BCUT2D eigenvalue weighted by Gasteiger charge is -2.20. The van der Waals surface area contributed by atoms with Gasteiger partial charge in [0.2, 0.25) is 5.91 Å². The van der Waals surface area contributed by atoms with Crippen LogP contribution in [0.25, 0.3) is 0 Å². The zero-order chi connectivity index (χ0) is 11.8. The first-order valence-corrected chi connectivity index (χ1v) is 5.70. The predicted molar refractivity (Wildman–Crippen MR) is 58.8 cm³/mol. The lowest BCUT2D eigenvalue weighted by molar-refractivity contribution is -0.125. The molecule has 0 atom stereocenters. The Morgan fingerprint density at radius 2 is 1.75 bits per heavy atom. The molecule has 0 aromatic rings. The number of nitrogens with one attached hydrogen (secondary N) is 2. The molecule has 1 heterocycles. The molecule has 92 valence electrons. The van der Waals surface area contributed by atoms with E-state index in [-0.39, 0.29) is 18.9 Å². The van der Waals surface area contributed by atoms with E-state index in [9.17, 15) is 9.59 Å². The number of carbonyl (C=O) groups excluding carboxylic acids is 1. The second-order valence-corrected chi connectivity index (χ2v) is 3.92. The molecule has 0 bridgehead atoms. The zero-order valence-corrected chi connectivity index (χ0v) is 9.37. The number of nitrogens with zero attached hydrogens (tertiary/aromatic N) is 1. The molecule has 16 heavy (non-hydrogen) atoms. The molecule has 1 saturated heterocycles. The van der Waals surface area contributed by atoms with Crippen molar-refractivity contribution in [3.8, 4) is 0 Å². The lowest BCUT2D eigenvalue weighted by Crippen LogP contribution is -2.43. The molecule has 1 rings (SSSR count). The Labute approximate surface area is 95.0 Å². The summed E-state index contributed by atoms with van der Waals surface area (Å²) in [5.74, 6) is -0.129. The molecule has 0 unspecified atom stereocenters. The molecule has 0 radical (unpaired) electrons. The lowest BCUT2D eigenvalue weighted by atomic mass is 10.2. The summed E-state index contributed by atoms with van der Waals surface area (Å²) in [5, 5.41) is 12.4. The maximum Gasteiger partial charge on any atom is 0.404 e. The second kappa shape index (κ2) is 7.05. The van der Waals surface area contributed by atoms with Gasteiger partial charge in [-0.15, -0.1) is 0 Å². The van der Waals surface area contributed by atoms with Crippen LogP contribution in [0.2, 0.25) is 0 Å². The summed E-state index contributed by atoms with van der Waals surface area (Å²) in [6.07, 6.45) is 3.73. The van der Waals surface area contributed by atoms with Gasteiger partial charge in [0.05, 0.1) is 0 Å². The first-order valence-electron chi connectivity index (χ1n) is 5.70. The third-order valence-corrected chi connectivity index (χ3v) is 2.52. The van der Waals surface area contributed by atoms with Crippen LogP contribution in [0.4, 0.5) is 4.79 Å². The van der Waals surface area contributed by atoms with Crippen molar-refractivity contribution in [1.82, 2.24) is 15.8 Å². The van der Waals surface area contributed by atoms with E-state index >= 15 is 0 Å². The van der Waals surface area contributed by atoms with Gasteiger partial charge >= 0.3 is 6.09 Å². The van der Waals surface area contributed by atoms with Crippen molar-refractivity contribution >= 4 is 12.0 Å². The van der Waals surface area contributed by atoms with Gasteiger partial charge in [0.25, 0.3) is 0 Å². The molecule has 0 aliphatic carbocycles. The minimum atomic E-state index is -1.09. The van der Waals surface area contributed by atoms with Crippen LogP contribution in [0.5, 0.6) is 0 Å². The molecule has 6 nitrogen and oxygen atoms in total. The van der Waals surface area contributed by atoms with Crippen molar-refractivity contribution in [2.24, 2.45) is 0 Å². The molecular weight excluding hydrogens is 210 g/mol. The van der Waals surface area contributed by atoms with Gasteiger partial charge in [-0.2, -0.15) is 0 Å². The van der Waals surface area contributed by atoms with Gasteiger partial charge in [-0.05, 0) is 12.8 Å².